The van der Waals surface area contributed by atoms with E-state index in [1.807, 2.05) is 18.3 Å². The van der Waals surface area contributed by atoms with Crippen molar-refractivity contribution in [3.63, 3.8) is 0 Å². The number of aryl methyl sites for hydroxylation is 1. The number of allylic oxidation sites excluding steroid dienone is 8. The van der Waals surface area contributed by atoms with Crippen molar-refractivity contribution in [3.05, 3.63) is 101 Å². The van der Waals surface area contributed by atoms with Crippen LogP contribution in [-0.4, -0.2) is 82.6 Å². The summed E-state index contributed by atoms with van der Waals surface area (Å²) in [5, 5.41) is 0. The number of Topliss-reactive ketones (excluding diaryl/α,β-unsaturated/α-hetero) is 2. The fraction of sp³-hybridized carbons (Fsp3) is 0.489. The van der Waals surface area contributed by atoms with Gasteiger partial charge in [0.25, 0.3) is 0 Å². The van der Waals surface area contributed by atoms with E-state index >= 15 is 0 Å². The number of benzene rings is 1. The summed E-state index contributed by atoms with van der Waals surface area (Å²) in [7, 11) is 0. The number of pyridine rings is 1. The van der Waals surface area contributed by atoms with Crippen LogP contribution >= 0.6 is 0 Å². The van der Waals surface area contributed by atoms with E-state index in [1.165, 1.54) is 35.3 Å². The van der Waals surface area contributed by atoms with Gasteiger partial charge < -0.3 is 28.4 Å². The molecule has 0 amide bonds. The molecule has 0 aliphatic rings. The van der Waals surface area contributed by atoms with Gasteiger partial charge in [-0.3, -0.25) is 9.59 Å². The van der Waals surface area contributed by atoms with Crippen molar-refractivity contribution in [2.24, 2.45) is 11.8 Å². The van der Waals surface area contributed by atoms with Crippen molar-refractivity contribution in [2.75, 3.05) is 66.1 Å². The van der Waals surface area contributed by atoms with Gasteiger partial charge >= 0.3 is 0 Å². The zero-order valence-corrected chi connectivity index (χ0v) is 34.1. The standard InChI is InChI=1S/C45H63NO8/c1-11-14-41(32(4)5)40(13-3)42-17-15-37(29-34(42)8)38-16-18-44(46-31-38)54-28-26-52-24-22-50-20-19-49-21-23-51-25-27-53-35(9)30-43(45(48)33(6)7)39(12-2)36(10)47/h12-18,29-33H,9,11,19-28H2,1-8,10H3/b39-12-,40-13+,41-14-,43-30+. The monoisotopic (exact) mass is 745 g/mol. The van der Waals surface area contributed by atoms with E-state index in [2.05, 4.69) is 76.5 Å². The predicted octanol–water partition coefficient (Wildman–Crippen LogP) is 9.12. The smallest absolute Gasteiger partial charge is 0.213 e. The molecule has 0 aliphatic carbocycles. The summed E-state index contributed by atoms with van der Waals surface area (Å²) in [6.45, 7) is 25.6. The molecule has 1 heterocycles. The quantitative estimate of drug-likeness (QED) is 0.0384. The topological polar surface area (TPSA) is 102 Å². The zero-order chi connectivity index (χ0) is 39.9. The SMILES string of the molecule is C=C(/C=C(C(=O)C(C)C)\C(=C/C)C(C)=O)OCCOCCOCCOCCOCCOc1ccc(-c2ccc(C(=C/C)/C(=C\CC)C(C)C)c(C)c2)cn1. The minimum absolute atomic E-state index is 0.138. The number of carbonyl (C=O) groups excluding carboxylic acids is 2. The molecule has 0 spiro atoms. The first kappa shape index (κ1) is 46.0. The van der Waals surface area contributed by atoms with E-state index in [-0.39, 0.29) is 24.1 Å². The van der Waals surface area contributed by atoms with Gasteiger partial charge in [-0.15, -0.1) is 0 Å². The van der Waals surface area contributed by atoms with Crippen LogP contribution in [0.25, 0.3) is 16.7 Å². The first-order valence-corrected chi connectivity index (χ1v) is 19.1. The van der Waals surface area contributed by atoms with E-state index in [0.29, 0.717) is 88.2 Å². The minimum Gasteiger partial charge on any atom is -0.492 e. The average molecular weight is 746 g/mol. The van der Waals surface area contributed by atoms with Gasteiger partial charge in [-0.1, -0.05) is 77.6 Å². The summed E-state index contributed by atoms with van der Waals surface area (Å²) < 4.78 is 33.6. The molecule has 0 N–H and O–H groups in total. The molecular weight excluding hydrogens is 682 g/mol. The molecule has 0 radical (unpaired) electrons. The lowest BCUT2D eigenvalue weighted by Crippen LogP contribution is -2.16. The number of hydrogen-bond acceptors (Lipinski definition) is 9. The van der Waals surface area contributed by atoms with Crippen molar-refractivity contribution in [1.82, 2.24) is 4.98 Å². The molecule has 9 nitrogen and oxygen atoms in total. The van der Waals surface area contributed by atoms with E-state index in [0.717, 1.165) is 17.5 Å². The molecule has 54 heavy (non-hydrogen) atoms. The Morgan fingerprint density at radius 2 is 1.33 bits per heavy atom. The van der Waals surface area contributed by atoms with E-state index in [9.17, 15) is 9.59 Å². The molecule has 0 saturated heterocycles. The molecule has 0 bridgehead atoms. The second kappa shape index (κ2) is 25.8. The summed E-state index contributed by atoms with van der Waals surface area (Å²) in [5.74, 6) is 0.734. The highest BCUT2D eigenvalue weighted by Gasteiger charge is 2.20. The number of nitrogens with zero attached hydrogens (tertiary/aromatic N) is 1. The first-order chi connectivity index (χ1) is 25.9. The molecule has 0 atom stereocenters. The Hall–Kier alpha value is -4.15. The summed E-state index contributed by atoms with van der Waals surface area (Å²) in [6.07, 6.45) is 10.6. The molecule has 0 unspecified atom stereocenters. The van der Waals surface area contributed by atoms with Crippen LogP contribution < -0.4 is 4.74 Å². The highest BCUT2D eigenvalue weighted by Crippen LogP contribution is 2.33. The van der Waals surface area contributed by atoms with Crippen LogP contribution in [0.2, 0.25) is 0 Å². The highest BCUT2D eigenvalue weighted by molar-refractivity contribution is 6.12. The number of rotatable bonds is 27. The van der Waals surface area contributed by atoms with Crippen molar-refractivity contribution in [1.29, 1.82) is 0 Å². The Balaban J connectivity index is 1.56. The van der Waals surface area contributed by atoms with Crippen LogP contribution in [0.4, 0.5) is 0 Å². The maximum atomic E-state index is 12.6. The van der Waals surface area contributed by atoms with Crippen LogP contribution in [-0.2, 0) is 33.3 Å². The maximum absolute atomic E-state index is 12.6. The third-order valence-corrected chi connectivity index (χ3v) is 8.39. The number of ketones is 2. The molecule has 0 fully saturated rings. The molecule has 296 valence electrons. The fourth-order valence-electron chi connectivity index (χ4n) is 5.68. The zero-order valence-electron chi connectivity index (χ0n) is 34.1. The second-order valence-corrected chi connectivity index (χ2v) is 13.3. The summed E-state index contributed by atoms with van der Waals surface area (Å²) in [6, 6.07) is 10.5. The van der Waals surface area contributed by atoms with Gasteiger partial charge in [0.15, 0.2) is 11.6 Å². The molecule has 0 saturated carbocycles. The molecule has 0 aliphatic heterocycles. The molecule has 1 aromatic heterocycles. The number of ether oxygens (including phenoxy) is 6. The van der Waals surface area contributed by atoms with Crippen LogP contribution in [0.5, 0.6) is 5.88 Å². The van der Waals surface area contributed by atoms with E-state index in [1.54, 1.807) is 26.8 Å². The van der Waals surface area contributed by atoms with Crippen LogP contribution in [0.3, 0.4) is 0 Å². The largest absolute Gasteiger partial charge is 0.492 e. The Kier molecular flexibility index (Phi) is 22.0. The van der Waals surface area contributed by atoms with Crippen molar-refractivity contribution in [2.45, 2.75) is 68.7 Å². The Bertz CT molecular complexity index is 1600. The van der Waals surface area contributed by atoms with Crippen molar-refractivity contribution >= 4 is 17.1 Å². The highest BCUT2D eigenvalue weighted by atomic mass is 16.6. The van der Waals surface area contributed by atoms with Gasteiger partial charge in [-0.25, -0.2) is 4.98 Å². The lowest BCUT2D eigenvalue weighted by molar-refractivity contribution is -0.119. The second-order valence-electron chi connectivity index (χ2n) is 13.3. The molecule has 2 aromatic rings. The van der Waals surface area contributed by atoms with Crippen molar-refractivity contribution in [3.8, 4) is 17.0 Å². The Morgan fingerprint density at radius 1 is 0.759 bits per heavy atom. The summed E-state index contributed by atoms with van der Waals surface area (Å²) in [5.41, 5.74) is 8.04. The predicted molar refractivity (Wildman–Crippen MR) is 218 cm³/mol. The van der Waals surface area contributed by atoms with Gasteiger partial charge in [-0.05, 0) is 80.0 Å². The lowest BCUT2D eigenvalue weighted by atomic mass is 9.86. The normalized spacial score (nSPS) is 12.8. The average Bonchev–Trinajstić information content (AvgIpc) is 3.14. The number of aromatic nitrogens is 1. The maximum Gasteiger partial charge on any atom is 0.213 e. The minimum atomic E-state index is -0.260. The van der Waals surface area contributed by atoms with E-state index in [4.69, 9.17) is 28.4 Å². The summed E-state index contributed by atoms with van der Waals surface area (Å²) >= 11 is 0. The van der Waals surface area contributed by atoms with Crippen molar-refractivity contribution < 1.29 is 38.0 Å². The van der Waals surface area contributed by atoms with Crippen LogP contribution in [0, 0.1) is 18.8 Å². The van der Waals surface area contributed by atoms with Gasteiger partial charge in [-0.2, -0.15) is 0 Å². The Morgan fingerprint density at radius 3 is 1.80 bits per heavy atom. The van der Waals surface area contributed by atoms with Crippen LogP contribution in [0.1, 0.15) is 72.9 Å². The van der Waals surface area contributed by atoms with Gasteiger partial charge in [0.2, 0.25) is 5.88 Å². The van der Waals surface area contributed by atoms with Crippen LogP contribution in [0.15, 0.2) is 89.9 Å². The first-order valence-electron chi connectivity index (χ1n) is 19.1. The number of hydrogen-bond donors (Lipinski definition) is 0. The molecule has 2 rings (SSSR count). The molecule has 9 heteroatoms. The van der Waals surface area contributed by atoms with Gasteiger partial charge in [0.1, 0.15) is 19.0 Å². The fourth-order valence-corrected chi connectivity index (χ4v) is 5.68. The summed E-state index contributed by atoms with van der Waals surface area (Å²) in [4.78, 5) is 29.1. The van der Waals surface area contributed by atoms with Gasteiger partial charge in [0, 0.05) is 34.9 Å². The number of carbonyl (C=O) groups is 2. The third kappa shape index (κ3) is 16.1. The van der Waals surface area contributed by atoms with E-state index < -0.39 is 0 Å². The van der Waals surface area contributed by atoms with Gasteiger partial charge in [0.05, 0.1) is 52.9 Å². The Labute approximate surface area is 324 Å². The molecular formula is C45H63NO8. The lowest BCUT2D eigenvalue weighted by Gasteiger charge is -2.19. The molecule has 1 aromatic carbocycles. The third-order valence-electron chi connectivity index (χ3n) is 8.39.